The van der Waals surface area contributed by atoms with Gasteiger partial charge in [-0.2, -0.15) is 0 Å². The van der Waals surface area contributed by atoms with Gasteiger partial charge in [-0.1, -0.05) is 22.0 Å². The molecule has 35 heavy (non-hydrogen) atoms. The Morgan fingerprint density at radius 1 is 1.11 bits per heavy atom. The van der Waals surface area contributed by atoms with Gasteiger partial charge < -0.3 is 14.2 Å². The van der Waals surface area contributed by atoms with Gasteiger partial charge >= 0.3 is 0 Å². The van der Waals surface area contributed by atoms with Crippen LogP contribution in [0.5, 0.6) is 0 Å². The lowest BCUT2D eigenvalue weighted by Gasteiger charge is -2.46. The number of aryl methyl sites for hydroxylation is 1. The van der Waals surface area contributed by atoms with Crippen molar-refractivity contribution >= 4 is 38.7 Å². The van der Waals surface area contributed by atoms with E-state index in [1.54, 1.807) is 28.9 Å². The van der Waals surface area contributed by atoms with Crippen molar-refractivity contribution in [2.75, 3.05) is 19.6 Å². The van der Waals surface area contributed by atoms with Crippen molar-refractivity contribution in [2.45, 2.75) is 26.3 Å². The number of aromatic nitrogens is 3. The molecule has 0 bridgehead atoms. The first-order valence-corrected chi connectivity index (χ1v) is 11.9. The van der Waals surface area contributed by atoms with Crippen molar-refractivity contribution in [1.82, 2.24) is 24.6 Å². The molecule has 2 aromatic heterocycles. The first-order valence-electron chi connectivity index (χ1n) is 11.1. The van der Waals surface area contributed by atoms with E-state index in [1.165, 1.54) is 23.1 Å². The number of piperazine rings is 1. The third-order valence-electron chi connectivity index (χ3n) is 6.23. The zero-order valence-corrected chi connectivity index (χ0v) is 21.0. The molecule has 3 heterocycles. The monoisotopic (exact) mass is 539 g/mol. The summed E-state index contributed by atoms with van der Waals surface area (Å²) in [6.07, 6.45) is 1.39. The molecule has 0 aliphatic carbocycles. The van der Waals surface area contributed by atoms with Crippen molar-refractivity contribution in [3.05, 3.63) is 76.2 Å². The number of nitrogens with zero attached hydrogens (tertiary/aromatic N) is 5. The quantitative estimate of drug-likeness (QED) is 0.379. The Morgan fingerprint density at radius 2 is 1.91 bits per heavy atom. The minimum Gasteiger partial charge on any atom is -0.461 e. The maximum absolute atomic E-state index is 13.6. The Bertz CT molecular complexity index is 1460. The molecule has 1 aliphatic rings. The largest absolute Gasteiger partial charge is 0.461 e. The summed E-state index contributed by atoms with van der Waals surface area (Å²) in [6.45, 7) is 6.62. The number of halogens is 2. The highest BCUT2D eigenvalue weighted by molar-refractivity contribution is 9.10. The van der Waals surface area contributed by atoms with E-state index in [0.29, 0.717) is 42.2 Å². The van der Waals surface area contributed by atoms with Crippen molar-refractivity contribution in [1.29, 1.82) is 0 Å². The average molecular weight is 540 g/mol. The van der Waals surface area contributed by atoms with Crippen LogP contribution in [0.2, 0.25) is 0 Å². The van der Waals surface area contributed by atoms with E-state index in [9.17, 15) is 14.0 Å². The third kappa shape index (κ3) is 4.22. The van der Waals surface area contributed by atoms with E-state index in [4.69, 9.17) is 4.42 Å². The Morgan fingerprint density at radius 3 is 2.66 bits per heavy atom. The molecule has 10 heteroatoms. The maximum atomic E-state index is 13.6. The molecule has 0 saturated carbocycles. The fourth-order valence-electron chi connectivity index (χ4n) is 4.55. The average Bonchev–Trinajstić information content (AvgIpc) is 3.42. The smallest absolute Gasteiger partial charge is 0.294 e. The van der Waals surface area contributed by atoms with Crippen LogP contribution >= 0.6 is 15.9 Å². The van der Waals surface area contributed by atoms with Gasteiger partial charge in [-0.25, -0.2) is 14.1 Å². The molecule has 1 saturated heterocycles. The Hall–Kier alpha value is -3.53. The molecule has 4 aromatic rings. The molecule has 1 aliphatic heterocycles. The topological polar surface area (TPSA) is 84.5 Å². The lowest BCUT2D eigenvalue weighted by Crippen LogP contribution is -2.62. The zero-order chi connectivity index (χ0) is 24.9. The lowest BCUT2D eigenvalue weighted by molar-refractivity contribution is 0.0160. The molecular formula is C25H23BrFN5O3. The van der Waals surface area contributed by atoms with E-state index in [-0.39, 0.29) is 17.6 Å². The van der Waals surface area contributed by atoms with Crippen LogP contribution in [-0.4, -0.2) is 61.6 Å². The van der Waals surface area contributed by atoms with E-state index in [0.717, 1.165) is 9.86 Å². The van der Waals surface area contributed by atoms with Crippen LogP contribution in [0.4, 0.5) is 4.39 Å². The van der Waals surface area contributed by atoms with Crippen LogP contribution in [0.15, 0.2) is 57.7 Å². The molecule has 1 fully saturated rings. The highest BCUT2D eigenvalue weighted by Crippen LogP contribution is 2.31. The highest BCUT2D eigenvalue weighted by atomic mass is 79.9. The fourth-order valence-corrected chi connectivity index (χ4v) is 4.91. The van der Waals surface area contributed by atoms with Crippen LogP contribution in [0.1, 0.15) is 40.6 Å². The van der Waals surface area contributed by atoms with Crippen LogP contribution in [0.3, 0.4) is 0 Å². The summed E-state index contributed by atoms with van der Waals surface area (Å²) in [5.74, 6) is -0.296. The maximum Gasteiger partial charge on any atom is 0.294 e. The zero-order valence-electron chi connectivity index (χ0n) is 19.5. The van der Waals surface area contributed by atoms with Crippen LogP contribution in [0.25, 0.3) is 16.7 Å². The van der Waals surface area contributed by atoms with Crippen molar-refractivity contribution in [3.63, 3.8) is 0 Å². The number of amides is 2. The van der Waals surface area contributed by atoms with Gasteiger partial charge in [0.05, 0.1) is 16.8 Å². The van der Waals surface area contributed by atoms with Crippen LogP contribution < -0.4 is 0 Å². The second kappa shape index (κ2) is 8.60. The van der Waals surface area contributed by atoms with Crippen molar-refractivity contribution in [2.24, 2.45) is 0 Å². The first-order chi connectivity index (χ1) is 16.6. The predicted molar refractivity (Wildman–Crippen MR) is 131 cm³/mol. The molecule has 0 unspecified atom stereocenters. The van der Waals surface area contributed by atoms with Gasteiger partial charge in [-0.15, -0.1) is 5.10 Å². The molecule has 2 aromatic carbocycles. The highest BCUT2D eigenvalue weighted by Gasteiger charge is 2.40. The number of carbonyl (C=O) groups is 2. The molecule has 0 atom stereocenters. The Balaban J connectivity index is 1.36. The minimum absolute atomic E-state index is 0.0173. The number of benzene rings is 2. The van der Waals surface area contributed by atoms with E-state index < -0.39 is 11.4 Å². The molecule has 2 amide bonds. The molecule has 0 N–H and O–H groups in total. The van der Waals surface area contributed by atoms with Crippen molar-refractivity contribution in [3.8, 4) is 5.69 Å². The summed E-state index contributed by atoms with van der Waals surface area (Å²) in [7, 11) is 0. The van der Waals surface area contributed by atoms with Crippen LogP contribution in [-0.2, 0) is 0 Å². The molecular weight excluding hydrogens is 517 g/mol. The summed E-state index contributed by atoms with van der Waals surface area (Å²) < 4.78 is 21.6. The third-order valence-corrected chi connectivity index (χ3v) is 6.72. The molecule has 0 radical (unpaired) electrons. The van der Waals surface area contributed by atoms with Crippen LogP contribution in [0, 0.1) is 12.7 Å². The second-order valence-corrected chi connectivity index (χ2v) is 10.1. The summed E-state index contributed by atoms with van der Waals surface area (Å²) in [6, 6.07) is 11.5. The number of hydrogen-bond acceptors (Lipinski definition) is 5. The van der Waals surface area contributed by atoms with E-state index in [2.05, 4.69) is 26.0 Å². The van der Waals surface area contributed by atoms with Gasteiger partial charge in [0.1, 0.15) is 23.5 Å². The standard InChI is InChI=1S/C25H23BrFN5O3/c1-15-21(19-11-16(26)7-8-20(19)35-15)23(33)30-9-10-31(25(2,3)13-30)24(34)22-28-14-32(29-22)18-6-4-5-17(27)12-18/h4-8,11-12,14H,9-10,13H2,1-3H3. The Kier molecular flexibility index (Phi) is 5.71. The van der Waals surface area contributed by atoms with E-state index in [1.807, 2.05) is 32.0 Å². The van der Waals surface area contributed by atoms with Gasteiger partial charge in [-0.05, 0) is 57.2 Å². The summed E-state index contributed by atoms with van der Waals surface area (Å²) >= 11 is 3.46. The second-order valence-electron chi connectivity index (χ2n) is 9.16. The first kappa shape index (κ1) is 23.2. The van der Waals surface area contributed by atoms with Gasteiger partial charge in [0, 0.05) is 29.5 Å². The van der Waals surface area contributed by atoms with Crippen molar-refractivity contribution < 1.29 is 18.4 Å². The molecule has 5 rings (SSSR count). The molecule has 180 valence electrons. The lowest BCUT2D eigenvalue weighted by atomic mass is 9.97. The number of furan rings is 1. The number of hydrogen-bond donors (Lipinski definition) is 0. The van der Waals surface area contributed by atoms with E-state index >= 15 is 0 Å². The normalized spacial score (nSPS) is 15.6. The molecule has 8 nitrogen and oxygen atoms in total. The van der Waals surface area contributed by atoms with Gasteiger partial charge in [-0.3, -0.25) is 9.59 Å². The number of carbonyl (C=O) groups excluding carboxylic acids is 2. The number of fused-ring (bicyclic) bond motifs is 1. The molecule has 0 spiro atoms. The SMILES string of the molecule is Cc1oc2ccc(Br)cc2c1C(=O)N1CCN(C(=O)c2ncn(-c3cccc(F)c3)n2)C(C)(C)C1. The number of rotatable bonds is 3. The van der Waals surface area contributed by atoms with Gasteiger partial charge in [0.15, 0.2) is 0 Å². The van der Waals surface area contributed by atoms with Gasteiger partial charge in [0.2, 0.25) is 5.82 Å². The summed E-state index contributed by atoms with van der Waals surface area (Å²) in [5, 5.41) is 5.02. The minimum atomic E-state index is -0.663. The summed E-state index contributed by atoms with van der Waals surface area (Å²) in [5.41, 5.74) is 0.999. The Labute approximate surface area is 209 Å². The fraction of sp³-hybridized carbons (Fsp3) is 0.280. The predicted octanol–water partition coefficient (Wildman–Crippen LogP) is 4.60. The van der Waals surface area contributed by atoms with Gasteiger partial charge in [0.25, 0.3) is 11.8 Å². The summed E-state index contributed by atoms with van der Waals surface area (Å²) in [4.78, 5) is 34.4.